The SMILES string of the molecule is COc1cccc(C2/C(=C(\O)c3c(C)nc4ccccn34)C(=O)C(=O)N2Cc2cccnc2)c1. The predicted octanol–water partition coefficient (Wildman–Crippen LogP) is 3.67. The summed E-state index contributed by atoms with van der Waals surface area (Å²) in [5.74, 6) is -1.13. The first-order chi connectivity index (χ1) is 16.5. The normalized spacial score (nSPS) is 17.5. The largest absolute Gasteiger partial charge is 0.505 e. The first kappa shape index (κ1) is 21.4. The molecule has 4 heterocycles. The molecule has 1 aromatic carbocycles. The highest BCUT2D eigenvalue weighted by molar-refractivity contribution is 6.46. The van der Waals surface area contributed by atoms with Gasteiger partial charge in [-0.1, -0.05) is 24.3 Å². The molecule has 1 unspecified atom stereocenters. The van der Waals surface area contributed by atoms with Gasteiger partial charge in [0.15, 0.2) is 5.76 Å². The molecule has 1 amide bonds. The van der Waals surface area contributed by atoms with Crippen LogP contribution in [0.4, 0.5) is 0 Å². The number of imidazole rings is 1. The molecule has 4 aromatic rings. The maximum Gasteiger partial charge on any atom is 0.295 e. The Morgan fingerprint density at radius 3 is 2.74 bits per heavy atom. The molecule has 5 rings (SSSR count). The molecule has 8 nitrogen and oxygen atoms in total. The molecule has 1 saturated heterocycles. The summed E-state index contributed by atoms with van der Waals surface area (Å²) in [6.45, 7) is 1.91. The van der Waals surface area contributed by atoms with Crippen LogP contribution in [0.2, 0.25) is 0 Å². The average Bonchev–Trinajstić information content (AvgIpc) is 3.32. The Hall–Kier alpha value is -4.46. The molecule has 1 N–H and O–H groups in total. The second-order valence-electron chi connectivity index (χ2n) is 8.04. The Labute approximate surface area is 195 Å². The summed E-state index contributed by atoms with van der Waals surface area (Å²) in [4.78, 5) is 36.6. The minimum Gasteiger partial charge on any atom is -0.505 e. The lowest BCUT2D eigenvalue weighted by atomic mass is 9.96. The first-order valence-electron chi connectivity index (χ1n) is 10.7. The van der Waals surface area contributed by atoms with E-state index >= 15 is 0 Å². The van der Waals surface area contributed by atoms with Crippen molar-refractivity contribution in [3.05, 3.63) is 101 Å². The summed E-state index contributed by atoms with van der Waals surface area (Å²) in [6.07, 6.45) is 5.05. The molecule has 1 aliphatic rings. The van der Waals surface area contributed by atoms with Crippen molar-refractivity contribution in [3.8, 4) is 5.75 Å². The van der Waals surface area contributed by atoms with E-state index in [1.54, 1.807) is 61.3 Å². The lowest BCUT2D eigenvalue weighted by Crippen LogP contribution is -2.29. The van der Waals surface area contributed by atoms with Gasteiger partial charge in [0.1, 0.15) is 17.1 Å². The smallest absolute Gasteiger partial charge is 0.295 e. The molecule has 0 radical (unpaired) electrons. The number of aromatic nitrogens is 3. The number of methoxy groups -OCH3 is 1. The van der Waals surface area contributed by atoms with Crippen molar-refractivity contribution in [3.63, 3.8) is 0 Å². The number of pyridine rings is 2. The minimum atomic E-state index is -0.816. The van der Waals surface area contributed by atoms with Crippen LogP contribution in [0.15, 0.2) is 78.8 Å². The van der Waals surface area contributed by atoms with Gasteiger partial charge in [-0.25, -0.2) is 4.98 Å². The number of Topliss-reactive ketones (excluding diaryl/α,β-unsaturated/α-hetero) is 1. The number of carbonyl (C=O) groups is 2. The van der Waals surface area contributed by atoms with Crippen molar-refractivity contribution >= 4 is 23.1 Å². The zero-order valence-electron chi connectivity index (χ0n) is 18.7. The maximum atomic E-state index is 13.3. The highest BCUT2D eigenvalue weighted by Gasteiger charge is 2.46. The van der Waals surface area contributed by atoms with Crippen LogP contribution in [0.25, 0.3) is 11.4 Å². The Morgan fingerprint density at radius 2 is 1.97 bits per heavy atom. The summed E-state index contributed by atoms with van der Waals surface area (Å²) in [7, 11) is 1.55. The molecule has 170 valence electrons. The third-order valence-corrected chi connectivity index (χ3v) is 5.95. The number of carbonyl (C=O) groups excluding carboxylic acids is 2. The van der Waals surface area contributed by atoms with Gasteiger partial charge in [-0.15, -0.1) is 0 Å². The molecule has 0 spiro atoms. The number of hydrogen-bond acceptors (Lipinski definition) is 6. The fourth-order valence-electron chi connectivity index (χ4n) is 4.42. The van der Waals surface area contributed by atoms with E-state index in [0.29, 0.717) is 28.3 Å². The maximum absolute atomic E-state index is 13.3. The number of ketones is 1. The first-order valence-corrected chi connectivity index (χ1v) is 10.7. The van der Waals surface area contributed by atoms with Crippen molar-refractivity contribution in [2.75, 3.05) is 7.11 Å². The molecular weight excluding hydrogens is 432 g/mol. The number of amides is 1. The predicted molar refractivity (Wildman–Crippen MR) is 125 cm³/mol. The zero-order valence-corrected chi connectivity index (χ0v) is 18.7. The van der Waals surface area contributed by atoms with E-state index in [9.17, 15) is 14.7 Å². The van der Waals surface area contributed by atoms with Crippen molar-refractivity contribution in [1.82, 2.24) is 19.3 Å². The van der Waals surface area contributed by atoms with E-state index < -0.39 is 17.7 Å². The third-order valence-electron chi connectivity index (χ3n) is 5.95. The quantitative estimate of drug-likeness (QED) is 0.281. The van der Waals surface area contributed by atoms with Crippen LogP contribution in [-0.4, -0.2) is 43.2 Å². The van der Waals surface area contributed by atoms with Gasteiger partial charge >= 0.3 is 0 Å². The standard InChI is InChI=1S/C26H22N4O4/c1-16-22(29-12-4-3-10-20(29)28-16)24(31)21-23(18-8-5-9-19(13-18)34-2)30(26(33)25(21)32)15-17-7-6-11-27-14-17/h3-14,23,31H,15H2,1-2H3/b24-21+. The molecule has 0 bridgehead atoms. The third kappa shape index (κ3) is 3.49. The summed E-state index contributed by atoms with van der Waals surface area (Å²) < 4.78 is 7.09. The summed E-state index contributed by atoms with van der Waals surface area (Å²) in [5.41, 5.74) is 2.98. The molecule has 0 aliphatic carbocycles. The number of likely N-dealkylation sites (tertiary alicyclic amines) is 1. The zero-order chi connectivity index (χ0) is 23.8. The monoisotopic (exact) mass is 454 g/mol. The molecule has 1 atom stereocenters. The lowest BCUT2D eigenvalue weighted by molar-refractivity contribution is -0.140. The van der Waals surface area contributed by atoms with Crippen molar-refractivity contribution in [2.45, 2.75) is 19.5 Å². The summed E-state index contributed by atoms with van der Waals surface area (Å²) in [6, 6.07) is 15.4. The lowest BCUT2D eigenvalue weighted by Gasteiger charge is -2.25. The van der Waals surface area contributed by atoms with Crippen molar-refractivity contribution < 1.29 is 19.4 Å². The Bertz CT molecular complexity index is 1440. The Balaban J connectivity index is 1.73. The molecule has 0 saturated carbocycles. The second kappa shape index (κ2) is 8.47. The van der Waals surface area contributed by atoms with Gasteiger partial charge in [0, 0.05) is 25.1 Å². The van der Waals surface area contributed by atoms with Gasteiger partial charge in [-0.3, -0.25) is 19.0 Å². The second-order valence-corrected chi connectivity index (χ2v) is 8.04. The molecular formula is C26H22N4O4. The van der Waals surface area contributed by atoms with Gasteiger partial charge < -0.3 is 14.7 Å². The van der Waals surface area contributed by atoms with E-state index in [4.69, 9.17) is 4.74 Å². The molecule has 3 aromatic heterocycles. The van der Waals surface area contributed by atoms with Gasteiger partial charge in [0.05, 0.1) is 24.4 Å². The molecule has 1 fully saturated rings. The average molecular weight is 454 g/mol. The number of fused-ring (bicyclic) bond motifs is 1. The van der Waals surface area contributed by atoms with Crippen molar-refractivity contribution in [1.29, 1.82) is 0 Å². The van der Waals surface area contributed by atoms with Crippen LogP contribution in [0.5, 0.6) is 5.75 Å². The summed E-state index contributed by atoms with van der Waals surface area (Å²) in [5, 5.41) is 11.5. The molecule has 1 aliphatic heterocycles. The molecule has 8 heteroatoms. The van der Waals surface area contributed by atoms with E-state index in [-0.39, 0.29) is 17.9 Å². The van der Waals surface area contributed by atoms with Gasteiger partial charge in [-0.05, 0) is 48.4 Å². The number of benzene rings is 1. The van der Waals surface area contributed by atoms with Crippen LogP contribution in [0.3, 0.4) is 0 Å². The van der Waals surface area contributed by atoms with E-state index in [1.165, 1.54) is 4.90 Å². The Morgan fingerprint density at radius 1 is 1.12 bits per heavy atom. The van der Waals surface area contributed by atoms with Crippen LogP contribution >= 0.6 is 0 Å². The Kier molecular flexibility index (Phi) is 5.33. The van der Waals surface area contributed by atoms with Gasteiger partial charge in [0.2, 0.25) is 0 Å². The number of hydrogen-bond donors (Lipinski definition) is 1. The highest BCUT2D eigenvalue weighted by atomic mass is 16.5. The number of aliphatic hydroxyl groups excluding tert-OH is 1. The number of aryl methyl sites for hydroxylation is 1. The van der Waals surface area contributed by atoms with E-state index in [0.717, 1.165) is 5.56 Å². The fraction of sp³-hybridized carbons (Fsp3) is 0.154. The van der Waals surface area contributed by atoms with Gasteiger partial charge in [0.25, 0.3) is 11.7 Å². The van der Waals surface area contributed by atoms with Crippen LogP contribution in [0, 0.1) is 6.92 Å². The summed E-state index contributed by atoms with van der Waals surface area (Å²) >= 11 is 0. The number of aliphatic hydroxyl groups is 1. The number of ether oxygens (including phenoxy) is 1. The van der Waals surface area contributed by atoms with E-state index in [2.05, 4.69) is 9.97 Å². The van der Waals surface area contributed by atoms with Crippen LogP contribution in [-0.2, 0) is 16.1 Å². The van der Waals surface area contributed by atoms with Crippen LogP contribution < -0.4 is 4.74 Å². The number of rotatable bonds is 5. The van der Waals surface area contributed by atoms with Crippen LogP contribution in [0.1, 0.15) is 28.6 Å². The van der Waals surface area contributed by atoms with Gasteiger partial charge in [-0.2, -0.15) is 0 Å². The topological polar surface area (TPSA) is 97.0 Å². The fourth-order valence-corrected chi connectivity index (χ4v) is 4.42. The minimum absolute atomic E-state index is 0.0101. The molecule has 34 heavy (non-hydrogen) atoms. The van der Waals surface area contributed by atoms with Crippen molar-refractivity contribution in [2.24, 2.45) is 0 Å². The van der Waals surface area contributed by atoms with E-state index in [1.807, 2.05) is 30.3 Å². The number of nitrogens with zero attached hydrogens (tertiary/aromatic N) is 4. The highest BCUT2D eigenvalue weighted by Crippen LogP contribution is 2.41.